The Morgan fingerprint density at radius 2 is 1.67 bits per heavy atom. The molecule has 0 heterocycles. The summed E-state index contributed by atoms with van der Waals surface area (Å²) < 4.78 is 0. The summed E-state index contributed by atoms with van der Waals surface area (Å²) in [7, 11) is 0. The molecule has 106 valence electrons. The van der Waals surface area contributed by atoms with Crippen LogP contribution in [0.3, 0.4) is 0 Å². The number of hydrogen-bond donors (Lipinski definition) is 4. The fourth-order valence-electron chi connectivity index (χ4n) is 2.00. The highest BCUT2D eigenvalue weighted by Gasteiger charge is 2.27. The third kappa shape index (κ3) is 7.89. The first kappa shape index (κ1) is 16.7. The van der Waals surface area contributed by atoms with Crippen LogP contribution in [-0.2, 0) is 4.79 Å². The summed E-state index contributed by atoms with van der Waals surface area (Å²) in [6, 6.07) is -0.482. The molecular formula is C12H24N2O4. The molecular weight excluding hydrogens is 236 g/mol. The van der Waals surface area contributed by atoms with Gasteiger partial charge in [0.25, 0.3) is 0 Å². The van der Waals surface area contributed by atoms with Gasteiger partial charge in [-0.05, 0) is 25.7 Å². The van der Waals surface area contributed by atoms with Crippen molar-refractivity contribution in [1.82, 2.24) is 10.6 Å². The lowest BCUT2D eigenvalue weighted by Crippen LogP contribution is -2.51. The summed E-state index contributed by atoms with van der Waals surface area (Å²) in [4.78, 5) is 21.9. The monoisotopic (exact) mass is 260 g/mol. The van der Waals surface area contributed by atoms with E-state index in [1.54, 1.807) is 0 Å². The lowest BCUT2D eigenvalue weighted by atomic mass is 9.82. The molecule has 0 rings (SSSR count). The first-order valence-electron chi connectivity index (χ1n) is 5.90. The van der Waals surface area contributed by atoms with Crippen molar-refractivity contribution in [2.75, 3.05) is 6.54 Å². The standard InChI is InChI=1S/C12H24N2O4/c1-11(2,3)7-12(4,5)14-10(18)13-6-8(15)9(16)17/h8,15H,6-7H2,1-5H3,(H,16,17)(H2,13,14,18). The Labute approximate surface area is 108 Å². The molecule has 1 unspecified atom stereocenters. The Balaban J connectivity index is 4.19. The Morgan fingerprint density at radius 3 is 2.06 bits per heavy atom. The largest absolute Gasteiger partial charge is 0.479 e. The van der Waals surface area contributed by atoms with Crippen molar-refractivity contribution >= 4 is 12.0 Å². The number of aliphatic carboxylic acids is 1. The molecule has 2 amide bonds. The van der Waals surface area contributed by atoms with Crippen LogP contribution in [0.5, 0.6) is 0 Å². The van der Waals surface area contributed by atoms with E-state index < -0.39 is 23.6 Å². The summed E-state index contributed by atoms with van der Waals surface area (Å²) in [6.07, 6.45) is -0.809. The zero-order chi connectivity index (χ0) is 14.6. The quantitative estimate of drug-likeness (QED) is 0.591. The maximum absolute atomic E-state index is 11.5. The Hall–Kier alpha value is -1.30. The highest BCUT2D eigenvalue weighted by atomic mass is 16.4. The second-order valence-electron chi connectivity index (χ2n) is 6.31. The molecule has 0 saturated heterocycles. The lowest BCUT2D eigenvalue weighted by molar-refractivity contribution is -0.146. The fraction of sp³-hybridized carbons (Fsp3) is 0.833. The predicted molar refractivity (Wildman–Crippen MR) is 68.3 cm³/mol. The molecule has 6 nitrogen and oxygen atoms in total. The Morgan fingerprint density at radius 1 is 1.17 bits per heavy atom. The normalized spacial score (nSPS) is 13.9. The molecule has 0 aliphatic carbocycles. The van der Waals surface area contributed by atoms with Gasteiger partial charge in [-0.25, -0.2) is 9.59 Å². The molecule has 0 aromatic carbocycles. The molecule has 18 heavy (non-hydrogen) atoms. The van der Waals surface area contributed by atoms with E-state index in [0.29, 0.717) is 0 Å². The molecule has 0 fully saturated rings. The maximum atomic E-state index is 11.5. The number of carbonyl (C=O) groups is 2. The van der Waals surface area contributed by atoms with E-state index in [2.05, 4.69) is 31.4 Å². The van der Waals surface area contributed by atoms with Crippen molar-refractivity contribution in [3.63, 3.8) is 0 Å². The van der Waals surface area contributed by atoms with Gasteiger partial charge in [0.05, 0.1) is 6.54 Å². The van der Waals surface area contributed by atoms with Crippen molar-refractivity contribution < 1.29 is 19.8 Å². The number of aliphatic hydroxyl groups excluding tert-OH is 1. The van der Waals surface area contributed by atoms with E-state index >= 15 is 0 Å². The zero-order valence-electron chi connectivity index (χ0n) is 11.7. The topological polar surface area (TPSA) is 98.7 Å². The van der Waals surface area contributed by atoms with Crippen LogP contribution in [0.15, 0.2) is 0 Å². The van der Waals surface area contributed by atoms with Gasteiger partial charge < -0.3 is 20.8 Å². The first-order valence-corrected chi connectivity index (χ1v) is 5.90. The first-order chi connectivity index (χ1) is 7.93. The average molecular weight is 260 g/mol. The van der Waals surface area contributed by atoms with Crippen LogP contribution < -0.4 is 10.6 Å². The number of carboxylic acids is 1. The third-order valence-electron chi connectivity index (χ3n) is 2.17. The highest BCUT2D eigenvalue weighted by molar-refractivity contribution is 5.77. The second-order valence-corrected chi connectivity index (χ2v) is 6.31. The van der Waals surface area contributed by atoms with Crippen molar-refractivity contribution in [3.05, 3.63) is 0 Å². The molecule has 0 spiro atoms. The number of aliphatic hydroxyl groups is 1. The number of nitrogens with one attached hydrogen (secondary N) is 2. The molecule has 0 saturated carbocycles. The van der Waals surface area contributed by atoms with Crippen LogP contribution in [0.4, 0.5) is 4.79 Å². The van der Waals surface area contributed by atoms with E-state index in [9.17, 15) is 9.59 Å². The minimum Gasteiger partial charge on any atom is -0.479 e. The Bertz CT molecular complexity index is 308. The second kappa shape index (κ2) is 6.04. The van der Waals surface area contributed by atoms with E-state index in [1.807, 2.05) is 13.8 Å². The molecule has 0 aliphatic rings. The predicted octanol–water partition coefficient (Wildman–Crippen LogP) is 0.946. The molecule has 0 aromatic heterocycles. The van der Waals surface area contributed by atoms with Gasteiger partial charge in [-0.2, -0.15) is 0 Å². The molecule has 4 N–H and O–H groups in total. The van der Waals surface area contributed by atoms with Crippen molar-refractivity contribution in [2.24, 2.45) is 5.41 Å². The summed E-state index contributed by atoms with van der Waals surface area (Å²) >= 11 is 0. The van der Waals surface area contributed by atoms with Gasteiger partial charge in [-0.15, -0.1) is 0 Å². The summed E-state index contributed by atoms with van der Waals surface area (Å²) in [5, 5.41) is 22.6. The minimum atomic E-state index is -1.58. The number of rotatable bonds is 5. The smallest absolute Gasteiger partial charge is 0.334 e. The molecule has 0 radical (unpaired) electrons. The van der Waals surface area contributed by atoms with E-state index in [4.69, 9.17) is 10.2 Å². The molecule has 6 heteroatoms. The average Bonchev–Trinajstić information content (AvgIpc) is 2.08. The van der Waals surface area contributed by atoms with Gasteiger partial charge in [-0.1, -0.05) is 20.8 Å². The van der Waals surface area contributed by atoms with Crippen LogP contribution in [0.1, 0.15) is 41.0 Å². The van der Waals surface area contributed by atoms with Crippen molar-refractivity contribution in [2.45, 2.75) is 52.7 Å². The number of carbonyl (C=O) groups excluding carboxylic acids is 1. The van der Waals surface area contributed by atoms with Crippen LogP contribution >= 0.6 is 0 Å². The van der Waals surface area contributed by atoms with Crippen molar-refractivity contribution in [1.29, 1.82) is 0 Å². The van der Waals surface area contributed by atoms with Crippen LogP contribution in [-0.4, -0.2) is 40.4 Å². The van der Waals surface area contributed by atoms with Crippen LogP contribution in [0.2, 0.25) is 0 Å². The lowest BCUT2D eigenvalue weighted by Gasteiger charge is -2.33. The van der Waals surface area contributed by atoms with E-state index in [1.165, 1.54) is 0 Å². The number of amides is 2. The van der Waals surface area contributed by atoms with Crippen LogP contribution in [0, 0.1) is 5.41 Å². The van der Waals surface area contributed by atoms with E-state index in [0.717, 1.165) is 6.42 Å². The number of urea groups is 1. The van der Waals surface area contributed by atoms with Gasteiger partial charge >= 0.3 is 12.0 Å². The van der Waals surface area contributed by atoms with Gasteiger partial charge in [0.1, 0.15) is 0 Å². The molecule has 0 bridgehead atoms. The molecule has 0 aromatic rings. The minimum absolute atomic E-state index is 0.0668. The number of carboxylic acid groups (broad SMARTS) is 1. The van der Waals surface area contributed by atoms with Gasteiger partial charge in [0.2, 0.25) is 0 Å². The summed E-state index contributed by atoms with van der Waals surface area (Å²) in [5.41, 5.74) is -0.339. The third-order valence-corrected chi connectivity index (χ3v) is 2.17. The number of hydrogen-bond acceptors (Lipinski definition) is 3. The molecule has 0 aliphatic heterocycles. The maximum Gasteiger partial charge on any atom is 0.334 e. The summed E-state index contributed by atoms with van der Waals surface area (Å²) in [5.74, 6) is -1.36. The van der Waals surface area contributed by atoms with Gasteiger partial charge in [0, 0.05) is 5.54 Å². The van der Waals surface area contributed by atoms with E-state index in [-0.39, 0.29) is 12.0 Å². The van der Waals surface area contributed by atoms with Gasteiger partial charge in [-0.3, -0.25) is 0 Å². The zero-order valence-corrected chi connectivity index (χ0v) is 11.7. The SMILES string of the molecule is CC(C)(C)CC(C)(C)NC(=O)NCC(O)C(=O)O. The van der Waals surface area contributed by atoms with Gasteiger partial charge in [0.15, 0.2) is 6.10 Å². The summed E-state index contributed by atoms with van der Waals surface area (Å²) in [6.45, 7) is 9.69. The Kier molecular flexibility index (Phi) is 5.60. The van der Waals surface area contributed by atoms with Crippen molar-refractivity contribution in [3.8, 4) is 0 Å². The van der Waals surface area contributed by atoms with Crippen LogP contribution in [0.25, 0.3) is 0 Å². The molecule has 1 atom stereocenters. The highest BCUT2D eigenvalue weighted by Crippen LogP contribution is 2.26. The fourth-order valence-corrected chi connectivity index (χ4v) is 2.00.